The number of allylic oxidation sites excluding steroid dienone is 4. The van der Waals surface area contributed by atoms with Crippen LogP contribution in [0.15, 0.2) is 24.3 Å². The summed E-state index contributed by atoms with van der Waals surface area (Å²) in [6, 6.07) is -0.722. The predicted molar refractivity (Wildman–Crippen MR) is 199 cm³/mol. The number of ether oxygens (including phenoxy) is 3. The van der Waals surface area contributed by atoms with Gasteiger partial charge in [-0.3, -0.25) is 9.59 Å². The maximum absolute atomic E-state index is 12.6. The topological polar surface area (TPSA) is 102 Å². The number of rotatable bonds is 35. The molecule has 0 aliphatic heterocycles. The Hall–Kier alpha value is -2.19. The third kappa shape index (κ3) is 31.5. The zero-order valence-electron chi connectivity index (χ0n) is 32.4. The van der Waals surface area contributed by atoms with Crippen molar-refractivity contribution in [1.82, 2.24) is 0 Å². The van der Waals surface area contributed by atoms with Crippen LogP contribution < -0.4 is 5.11 Å². The molecule has 0 heterocycles. The Morgan fingerprint density at radius 1 is 0.612 bits per heavy atom. The van der Waals surface area contributed by atoms with Crippen LogP contribution in [0.1, 0.15) is 168 Å². The van der Waals surface area contributed by atoms with Crippen LogP contribution in [-0.4, -0.2) is 75.5 Å². The van der Waals surface area contributed by atoms with Gasteiger partial charge in [-0.15, -0.1) is 0 Å². The number of hydrogen-bond donors (Lipinski definition) is 0. The van der Waals surface area contributed by atoms with E-state index >= 15 is 0 Å². The van der Waals surface area contributed by atoms with Crippen molar-refractivity contribution in [3.63, 3.8) is 0 Å². The molecule has 0 aliphatic rings. The van der Waals surface area contributed by atoms with Crippen molar-refractivity contribution < 1.29 is 38.2 Å². The second kappa shape index (κ2) is 33.0. The number of carbonyl (C=O) groups excluding carboxylic acids is 3. The van der Waals surface area contributed by atoms with E-state index in [2.05, 4.69) is 38.2 Å². The Labute approximate surface area is 301 Å². The summed E-state index contributed by atoms with van der Waals surface area (Å²) in [5, 5.41) is 11.6. The maximum atomic E-state index is 12.6. The van der Waals surface area contributed by atoms with Crippen LogP contribution in [0, 0.1) is 0 Å². The molecule has 8 nitrogen and oxygen atoms in total. The van der Waals surface area contributed by atoms with E-state index in [1.807, 2.05) is 0 Å². The molecule has 49 heavy (non-hydrogen) atoms. The minimum Gasteiger partial charge on any atom is -0.544 e. The molecule has 286 valence electrons. The average Bonchev–Trinajstić information content (AvgIpc) is 3.05. The monoisotopic (exact) mass is 694 g/mol. The molecule has 0 N–H and O–H groups in total. The highest BCUT2D eigenvalue weighted by Crippen LogP contribution is 2.13. The highest BCUT2D eigenvalue weighted by Gasteiger charge is 2.25. The van der Waals surface area contributed by atoms with Crippen LogP contribution in [0.4, 0.5) is 0 Å². The molecule has 0 spiro atoms. The molecule has 0 aromatic heterocycles. The fourth-order valence-corrected chi connectivity index (χ4v) is 5.69. The van der Waals surface area contributed by atoms with Gasteiger partial charge in [0.2, 0.25) is 0 Å². The molecule has 0 rings (SSSR count). The average molecular weight is 694 g/mol. The number of carboxylic acids is 1. The van der Waals surface area contributed by atoms with Crippen LogP contribution >= 0.6 is 0 Å². The van der Waals surface area contributed by atoms with E-state index in [0.29, 0.717) is 12.8 Å². The molecule has 2 unspecified atom stereocenters. The zero-order valence-corrected chi connectivity index (χ0v) is 32.4. The fraction of sp³-hybridized carbons (Fsp3) is 0.829. The standard InChI is InChI=1S/C41H75NO7/c1-6-8-10-12-14-16-17-18-19-20-21-22-23-24-26-27-29-31-39(43)48-36-37(35-47-34-33-38(41(45)46)42(3,4)5)49-40(44)32-30-28-25-15-13-11-9-7-2/h14,16,18-19,37-38H,6-13,15,17,20-36H2,1-5H3/b16-14+,19-18+. The summed E-state index contributed by atoms with van der Waals surface area (Å²) in [7, 11) is 5.39. The van der Waals surface area contributed by atoms with Crippen LogP contribution in [0.5, 0.6) is 0 Å². The highest BCUT2D eigenvalue weighted by molar-refractivity contribution is 5.70. The summed E-state index contributed by atoms with van der Waals surface area (Å²) in [6.07, 6.45) is 33.5. The summed E-state index contributed by atoms with van der Waals surface area (Å²) in [5.74, 6) is -1.75. The molecule has 0 aliphatic carbocycles. The Balaban J connectivity index is 4.31. The van der Waals surface area contributed by atoms with Gasteiger partial charge < -0.3 is 28.6 Å². The van der Waals surface area contributed by atoms with E-state index < -0.39 is 18.1 Å². The van der Waals surface area contributed by atoms with E-state index in [4.69, 9.17) is 14.2 Å². The van der Waals surface area contributed by atoms with Crippen molar-refractivity contribution in [2.75, 3.05) is 41.0 Å². The van der Waals surface area contributed by atoms with Gasteiger partial charge in [0.1, 0.15) is 12.6 Å². The summed E-state index contributed by atoms with van der Waals surface area (Å²) < 4.78 is 17.1. The van der Waals surface area contributed by atoms with E-state index in [0.717, 1.165) is 51.4 Å². The maximum Gasteiger partial charge on any atom is 0.306 e. The molecule has 0 radical (unpaired) electrons. The van der Waals surface area contributed by atoms with Gasteiger partial charge in [0.15, 0.2) is 6.10 Å². The summed E-state index contributed by atoms with van der Waals surface area (Å²) in [4.78, 5) is 36.6. The number of aliphatic carboxylic acids is 1. The van der Waals surface area contributed by atoms with Crippen molar-refractivity contribution in [2.24, 2.45) is 0 Å². The molecule has 0 aromatic carbocycles. The third-order valence-corrected chi connectivity index (χ3v) is 8.84. The third-order valence-electron chi connectivity index (χ3n) is 8.84. The first-order valence-electron chi connectivity index (χ1n) is 19.9. The summed E-state index contributed by atoms with van der Waals surface area (Å²) >= 11 is 0. The summed E-state index contributed by atoms with van der Waals surface area (Å²) in [6.45, 7) is 4.59. The SMILES string of the molecule is CCCCC/C=C/C/C=C/CCCCCCCCCC(=O)OCC(COCCC(C(=O)[O-])[N+](C)(C)C)OC(=O)CCCCCCCCCC. The predicted octanol–water partition coefficient (Wildman–Crippen LogP) is 8.80. The van der Waals surface area contributed by atoms with Crippen molar-refractivity contribution in [3.05, 3.63) is 24.3 Å². The number of hydrogen-bond acceptors (Lipinski definition) is 7. The Kier molecular flexibility index (Phi) is 31.5. The van der Waals surface area contributed by atoms with Crippen molar-refractivity contribution >= 4 is 17.9 Å². The minimum absolute atomic E-state index is 0.0410. The van der Waals surface area contributed by atoms with Crippen molar-refractivity contribution in [1.29, 1.82) is 0 Å². The van der Waals surface area contributed by atoms with Crippen molar-refractivity contribution in [3.8, 4) is 0 Å². The van der Waals surface area contributed by atoms with Gasteiger partial charge >= 0.3 is 11.9 Å². The lowest BCUT2D eigenvalue weighted by molar-refractivity contribution is -0.889. The van der Waals surface area contributed by atoms with E-state index in [1.54, 1.807) is 21.1 Å². The number of carbonyl (C=O) groups is 3. The Morgan fingerprint density at radius 3 is 1.61 bits per heavy atom. The molecular formula is C41H75NO7. The number of quaternary nitrogens is 1. The number of esters is 2. The largest absolute Gasteiger partial charge is 0.544 e. The first kappa shape index (κ1) is 46.8. The van der Waals surface area contributed by atoms with Gasteiger partial charge in [-0.25, -0.2) is 0 Å². The van der Waals surface area contributed by atoms with E-state index in [9.17, 15) is 19.5 Å². The first-order valence-corrected chi connectivity index (χ1v) is 19.9. The Bertz CT molecular complexity index is 864. The van der Waals surface area contributed by atoms with Gasteiger partial charge in [-0.1, -0.05) is 128 Å². The normalized spacial score (nSPS) is 13.2. The van der Waals surface area contributed by atoms with Crippen LogP contribution in [0.3, 0.4) is 0 Å². The van der Waals surface area contributed by atoms with E-state index in [1.165, 1.54) is 83.5 Å². The lowest BCUT2D eigenvalue weighted by Crippen LogP contribution is -2.55. The minimum atomic E-state index is -1.13. The van der Waals surface area contributed by atoms with Gasteiger partial charge in [0, 0.05) is 19.3 Å². The Morgan fingerprint density at radius 2 is 1.08 bits per heavy atom. The van der Waals surface area contributed by atoms with Crippen LogP contribution in [-0.2, 0) is 28.6 Å². The highest BCUT2D eigenvalue weighted by atomic mass is 16.6. The lowest BCUT2D eigenvalue weighted by Gasteiger charge is -2.34. The molecule has 0 fully saturated rings. The number of unbranched alkanes of at least 4 members (excludes halogenated alkanes) is 17. The van der Waals surface area contributed by atoms with Gasteiger partial charge in [-0.2, -0.15) is 0 Å². The molecule has 0 bridgehead atoms. The van der Waals surface area contributed by atoms with Gasteiger partial charge in [0.05, 0.1) is 40.3 Å². The number of carboxylic acid groups (broad SMARTS) is 1. The molecule has 0 saturated carbocycles. The van der Waals surface area contributed by atoms with Gasteiger partial charge in [-0.05, 0) is 44.9 Å². The smallest absolute Gasteiger partial charge is 0.306 e. The molecule has 0 saturated heterocycles. The molecule has 0 amide bonds. The van der Waals surface area contributed by atoms with Gasteiger partial charge in [0.25, 0.3) is 0 Å². The number of nitrogens with zero attached hydrogens (tertiary/aromatic N) is 1. The molecular weight excluding hydrogens is 618 g/mol. The fourth-order valence-electron chi connectivity index (χ4n) is 5.69. The van der Waals surface area contributed by atoms with E-state index in [-0.39, 0.29) is 42.7 Å². The quantitative estimate of drug-likeness (QED) is 0.0283. The second-order valence-electron chi connectivity index (χ2n) is 14.5. The van der Waals surface area contributed by atoms with Crippen molar-refractivity contribution in [2.45, 2.75) is 180 Å². The zero-order chi connectivity index (χ0) is 36.4. The molecule has 8 heteroatoms. The van der Waals surface area contributed by atoms with Crippen LogP contribution in [0.25, 0.3) is 0 Å². The molecule has 2 atom stereocenters. The van der Waals surface area contributed by atoms with Crippen LogP contribution in [0.2, 0.25) is 0 Å². The second-order valence-corrected chi connectivity index (χ2v) is 14.5. The molecule has 0 aromatic rings. The number of likely N-dealkylation sites (N-methyl/N-ethyl adjacent to an activating group) is 1. The first-order chi connectivity index (χ1) is 23.6. The lowest BCUT2D eigenvalue weighted by atomic mass is 10.1. The summed E-state index contributed by atoms with van der Waals surface area (Å²) in [5.41, 5.74) is 0.